The van der Waals surface area contributed by atoms with E-state index in [0.717, 1.165) is 0 Å². The van der Waals surface area contributed by atoms with Crippen LogP contribution in [-0.2, 0) is 10.3 Å². The largest absolute Gasteiger partial charge is 0.504 e. The van der Waals surface area contributed by atoms with Crippen LogP contribution >= 0.6 is 11.6 Å². The summed E-state index contributed by atoms with van der Waals surface area (Å²) in [6, 6.07) is 17.9. The minimum atomic E-state index is -1.18. The number of benzene rings is 3. The van der Waals surface area contributed by atoms with Gasteiger partial charge in [0.1, 0.15) is 5.76 Å². The summed E-state index contributed by atoms with van der Waals surface area (Å²) in [5, 5.41) is 21.2. The topological polar surface area (TPSA) is 90.2 Å². The number of methoxy groups -OCH3 is 4. The van der Waals surface area contributed by atoms with Gasteiger partial charge in [0.05, 0.1) is 40.1 Å². The van der Waals surface area contributed by atoms with Crippen LogP contribution in [0.15, 0.2) is 60.2 Å². The number of hydrogen-bond donors (Lipinski definition) is 1. The normalized spacial score (nSPS) is 16.9. The molecule has 0 amide bonds. The predicted octanol–water partition coefficient (Wildman–Crippen LogP) is 5.68. The van der Waals surface area contributed by atoms with Gasteiger partial charge >= 0.3 is 0 Å². The first-order valence-corrected chi connectivity index (χ1v) is 11.0. The highest BCUT2D eigenvalue weighted by molar-refractivity contribution is 6.30. The van der Waals surface area contributed by atoms with Crippen LogP contribution in [0.5, 0.6) is 28.7 Å². The highest BCUT2D eigenvalue weighted by Crippen LogP contribution is 2.53. The van der Waals surface area contributed by atoms with Gasteiger partial charge in [-0.05, 0) is 48.5 Å². The Kier molecular flexibility index (Phi) is 6.68. The molecule has 1 N–H and O–H groups in total. The quantitative estimate of drug-likeness (QED) is 0.453. The first-order valence-electron chi connectivity index (χ1n) is 10.7. The Morgan fingerprint density at radius 2 is 1.49 bits per heavy atom. The van der Waals surface area contributed by atoms with E-state index in [9.17, 15) is 10.4 Å². The van der Waals surface area contributed by atoms with Gasteiger partial charge in [-0.1, -0.05) is 17.7 Å². The molecule has 0 bridgehead atoms. The fraction of sp³-hybridized carbons (Fsp3) is 0.222. The highest BCUT2D eigenvalue weighted by atomic mass is 35.5. The van der Waals surface area contributed by atoms with Crippen molar-refractivity contribution in [3.05, 3.63) is 81.9 Å². The molecular formula is C27H24ClNO6. The van der Waals surface area contributed by atoms with Gasteiger partial charge in [0, 0.05) is 28.1 Å². The smallest absolute Gasteiger partial charge is 0.203 e. The van der Waals surface area contributed by atoms with Crippen molar-refractivity contribution in [2.75, 3.05) is 28.4 Å². The third-order valence-electron chi connectivity index (χ3n) is 5.99. The number of halogens is 1. The zero-order valence-electron chi connectivity index (χ0n) is 19.7. The van der Waals surface area contributed by atoms with Crippen LogP contribution in [0.2, 0.25) is 5.02 Å². The molecular weight excluding hydrogens is 470 g/mol. The van der Waals surface area contributed by atoms with Crippen LogP contribution in [0.25, 0.3) is 5.76 Å². The van der Waals surface area contributed by atoms with Crippen LogP contribution in [0.1, 0.15) is 23.1 Å². The second kappa shape index (κ2) is 9.69. The second-order valence-electron chi connectivity index (χ2n) is 7.83. The molecule has 0 radical (unpaired) electrons. The maximum atomic E-state index is 10.6. The SMILES string of the molecule is COc1ccc(C2(c3cc(OC)c(OC)c(OC)c3)CC(C#N)=C(c3ccc(Cl)cc3)O2)cc1O. The Bertz CT molecular complexity index is 1300. The van der Waals surface area contributed by atoms with Crippen molar-refractivity contribution >= 4 is 17.4 Å². The fourth-order valence-electron chi connectivity index (χ4n) is 4.27. The summed E-state index contributed by atoms with van der Waals surface area (Å²) >= 11 is 6.08. The number of aromatic hydroxyl groups is 1. The van der Waals surface area contributed by atoms with Crippen molar-refractivity contribution in [3.63, 3.8) is 0 Å². The first-order chi connectivity index (χ1) is 16.9. The van der Waals surface area contributed by atoms with Gasteiger partial charge < -0.3 is 28.8 Å². The summed E-state index contributed by atoms with van der Waals surface area (Å²) in [6.07, 6.45) is 0.200. The Labute approximate surface area is 208 Å². The molecule has 7 nitrogen and oxygen atoms in total. The maximum Gasteiger partial charge on any atom is 0.203 e. The molecule has 1 aliphatic heterocycles. The first kappa shape index (κ1) is 24.1. The zero-order chi connectivity index (χ0) is 25.2. The highest BCUT2D eigenvalue weighted by Gasteiger charge is 2.46. The lowest BCUT2D eigenvalue weighted by Crippen LogP contribution is -2.27. The Morgan fingerprint density at radius 3 is 2.00 bits per heavy atom. The number of nitrogens with zero attached hydrogens (tertiary/aromatic N) is 1. The molecule has 1 atom stereocenters. The van der Waals surface area contributed by atoms with E-state index in [4.69, 9.17) is 35.3 Å². The third-order valence-corrected chi connectivity index (χ3v) is 6.25. The summed E-state index contributed by atoms with van der Waals surface area (Å²) < 4.78 is 28.5. The van der Waals surface area contributed by atoms with Gasteiger partial charge in [-0.15, -0.1) is 0 Å². The molecule has 1 unspecified atom stereocenters. The lowest BCUT2D eigenvalue weighted by molar-refractivity contribution is 0.0995. The molecule has 3 aromatic carbocycles. The molecule has 3 aromatic rings. The van der Waals surface area contributed by atoms with E-state index >= 15 is 0 Å². The summed E-state index contributed by atoms with van der Waals surface area (Å²) in [4.78, 5) is 0. The van der Waals surface area contributed by atoms with Crippen LogP contribution in [0.4, 0.5) is 0 Å². The average Bonchev–Trinajstić information content (AvgIpc) is 3.29. The molecule has 0 aliphatic carbocycles. The van der Waals surface area contributed by atoms with Crippen molar-refractivity contribution in [3.8, 4) is 34.8 Å². The van der Waals surface area contributed by atoms with Crippen LogP contribution in [0, 0.1) is 11.3 Å². The van der Waals surface area contributed by atoms with E-state index in [-0.39, 0.29) is 12.2 Å². The third kappa shape index (κ3) is 4.17. The zero-order valence-corrected chi connectivity index (χ0v) is 20.5. The maximum absolute atomic E-state index is 10.6. The summed E-state index contributed by atoms with van der Waals surface area (Å²) in [7, 11) is 6.06. The van der Waals surface area contributed by atoms with Crippen molar-refractivity contribution in [1.82, 2.24) is 0 Å². The average molecular weight is 494 g/mol. The minimum Gasteiger partial charge on any atom is -0.504 e. The van der Waals surface area contributed by atoms with Crippen molar-refractivity contribution in [1.29, 1.82) is 5.26 Å². The molecule has 0 saturated heterocycles. The van der Waals surface area contributed by atoms with Crippen LogP contribution in [-0.4, -0.2) is 33.5 Å². The number of rotatable bonds is 7. The summed E-state index contributed by atoms with van der Waals surface area (Å²) in [6.45, 7) is 0. The lowest BCUT2D eigenvalue weighted by atomic mass is 9.82. The standard InChI is InChI=1S/C27H24ClNO6/c1-31-22-10-7-18(11-21(22)30)27(19-12-23(32-2)26(34-4)24(13-19)33-3)14-17(15-29)25(35-27)16-5-8-20(28)9-6-16/h5-13,30H,14H2,1-4H3. The molecule has 35 heavy (non-hydrogen) atoms. The molecule has 0 fully saturated rings. The van der Waals surface area contributed by atoms with Crippen molar-refractivity contribution < 1.29 is 28.8 Å². The molecule has 0 saturated carbocycles. The van der Waals surface area contributed by atoms with E-state index in [1.807, 2.05) is 0 Å². The summed E-state index contributed by atoms with van der Waals surface area (Å²) in [5.41, 5.74) is 1.22. The molecule has 1 aliphatic rings. The number of nitriles is 1. The number of phenolic OH excluding ortho intramolecular Hbond substituents is 1. The van der Waals surface area contributed by atoms with Gasteiger partial charge in [-0.2, -0.15) is 5.26 Å². The Balaban J connectivity index is 1.96. The van der Waals surface area contributed by atoms with E-state index < -0.39 is 5.60 Å². The minimum absolute atomic E-state index is 0.0566. The van der Waals surface area contributed by atoms with E-state index in [2.05, 4.69) is 6.07 Å². The van der Waals surface area contributed by atoms with Gasteiger partial charge in [0.2, 0.25) is 5.75 Å². The molecule has 180 valence electrons. The Hall–Kier alpha value is -4.02. The van der Waals surface area contributed by atoms with Gasteiger partial charge in [-0.3, -0.25) is 0 Å². The summed E-state index contributed by atoms with van der Waals surface area (Å²) in [5.74, 6) is 1.98. The monoisotopic (exact) mass is 493 g/mol. The van der Waals surface area contributed by atoms with E-state index in [1.54, 1.807) is 54.6 Å². The second-order valence-corrected chi connectivity index (χ2v) is 8.27. The van der Waals surface area contributed by atoms with Crippen LogP contribution in [0.3, 0.4) is 0 Å². The molecule has 0 spiro atoms. The van der Waals surface area contributed by atoms with Gasteiger partial charge in [0.15, 0.2) is 28.6 Å². The van der Waals surface area contributed by atoms with Gasteiger partial charge in [0.25, 0.3) is 0 Å². The van der Waals surface area contributed by atoms with E-state index in [1.165, 1.54) is 28.4 Å². The predicted molar refractivity (Wildman–Crippen MR) is 131 cm³/mol. The van der Waals surface area contributed by atoms with Crippen molar-refractivity contribution in [2.24, 2.45) is 0 Å². The van der Waals surface area contributed by atoms with E-state index in [0.29, 0.717) is 56.0 Å². The van der Waals surface area contributed by atoms with Crippen molar-refractivity contribution in [2.45, 2.75) is 12.0 Å². The molecule has 0 aromatic heterocycles. The fourth-order valence-corrected chi connectivity index (χ4v) is 4.40. The molecule has 1 heterocycles. The molecule has 8 heteroatoms. The van der Waals surface area contributed by atoms with Crippen LogP contribution < -0.4 is 18.9 Å². The lowest BCUT2D eigenvalue weighted by Gasteiger charge is -2.32. The number of ether oxygens (including phenoxy) is 5. The number of phenols is 1. The Morgan fingerprint density at radius 1 is 0.857 bits per heavy atom. The molecule has 4 rings (SSSR count). The van der Waals surface area contributed by atoms with Gasteiger partial charge in [-0.25, -0.2) is 0 Å². The number of hydrogen-bond acceptors (Lipinski definition) is 7.